The zero-order valence-electron chi connectivity index (χ0n) is 8.16. The highest BCUT2D eigenvalue weighted by atomic mass is 16.1. The largest absolute Gasteiger partial charge is 0.322 e. The van der Waals surface area contributed by atoms with Gasteiger partial charge in [-0.15, -0.1) is 0 Å². The number of amides is 1. The highest BCUT2D eigenvalue weighted by Crippen LogP contribution is 2.00. The molecular formula is C12H13NO. The number of hydrogen-bond acceptors (Lipinski definition) is 1. The summed E-state index contributed by atoms with van der Waals surface area (Å²) in [6.45, 7) is 5.45. The van der Waals surface area contributed by atoms with Crippen LogP contribution in [0.1, 0.15) is 17.3 Å². The Hall–Kier alpha value is -1.83. The standard InChI is InChI=1S/C12H13NO/c1-3-11(4-2)13-12(14)10-8-6-5-7-9-10/h3-9H,1H2,2H3,(H,13,14)/b11-4-. The van der Waals surface area contributed by atoms with Gasteiger partial charge in [-0.1, -0.05) is 30.9 Å². The van der Waals surface area contributed by atoms with Crippen LogP contribution >= 0.6 is 0 Å². The SMILES string of the molecule is C=C/C(=C/C)NC(=O)c1ccccc1. The predicted molar refractivity (Wildman–Crippen MR) is 57.9 cm³/mol. The molecule has 0 aliphatic heterocycles. The second-order valence-corrected chi connectivity index (χ2v) is 2.77. The Morgan fingerprint density at radius 3 is 2.50 bits per heavy atom. The summed E-state index contributed by atoms with van der Waals surface area (Å²) in [5.41, 5.74) is 1.37. The highest BCUT2D eigenvalue weighted by Gasteiger charge is 2.03. The van der Waals surface area contributed by atoms with Crippen LogP contribution in [0, 0.1) is 0 Å². The van der Waals surface area contributed by atoms with Crippen molar-refractivity contribution in [2.45, 2.75) is 6.92 Å². The van der Waals surface area contributed by atoms with Crippen LogP contribution in [0.3, 0.4) is 0 Å². The van der Waals surface area contributed by atoms with Gasteiger partial charge in [-0.3, -0.25) is 4.79 Å². The van der Waals surface area contributed by atoms with Crippen molar-refractivity contribution in [3.05, 3.63) is 60.3 Å². The van der Waals surface area contributed by atoms with Gasteiger partial charge in [-0.25, -0.2) is 0 Å². The van der Waals surface area contributed by atoms with Crippen molar-refractivity contribution in [1.29, 1.82) is 0 Å². The maximum atomic E-state index is 11.6. The highest BCUT2D eigenvalue weighted by molar-refractivity contribution is 5.95. The summed E-state index contributed by atoms with van der Waals surface area (Å²) in [7, 11) is 0. The lowest BCUT2D eigenvalue weighted by molar-refractivity contribution is 0.0967. The Balaban J connectivity index is 2.73. The zero-order valence-corrected chi connectivity index (χ0v) is 8.16. The van der Waals surface area contributed by atoms with Crippen molar-refractivity contribution in [3.8, 4) is 0 Å². The lowest BCUT2D eigenvalue weighted by Gasteiger charge is -2.04. The molecular weight excluding hydrogens is 174 g/mol. The van der Waals surface area contributed by atoms with E-state index in [4.69, 9.17) is 0 Å². The first kappa shape index (κ1) is 10.3. The molecule has 14 heavy (non-hydrogen) atoms. The molecule has 1 aromatic carbocycles. The predicted octanol–water partition coefficient (Wildman–Crippen LogP) is 2.51. The molecule has 0 saturated heterocycles. The minimum atomic E-state index is -0.112. The molecule has 72 valence electrons. The molecule has 0 heterocycles. The second-order valence-electron chi connectivity index (χ2n) is 2.77. The fourth-order valence-electron chi connectivity index (χ4n) is 1.03. The van der Waals surface area contributed by atoms with Gasteiger partial charge in [0.1, 0.15) is 0 Å². The van der Waals surface area contributed by atoms with Gasteiger partial charge in [0.2, 0.25) is 0 Å². The van der Waals surface area contributed by atoms with Crippen molar-refractivity contribution >= 4 is 5.91 Å². The van der Waals surface area contributed by atoms with Crippen LogP contribution in [0.4, 0.5) is 0 Å². The smallest absolute Gasteiger partial charge is 0.255 e. The molecule has 2 heteroatoms. The van der Waals surface area contributed by atoms with Gasteiger partial charge in [0.05, 0.1) is 0 Å². The van der Waals surface area contributed by atoms with E-state index >= 15 is 0 Å². The topological polar surface area (TPSA) is 29.1 Å². The second kappa shape index (κ2) is 5.02. The molecule has 0 aliphatic carbocycles. The number of carbonyl (C=O) groups is 1. The summed E-state index contributed by atoms with van der Waals surface area (Å²) < 4.78 is 0. The maximum absolute atomic E-state index is 11.6. The number of benzene rings is 1. The van der Waals surface area contributed by atoms with Crippen LogP contribution < -0.4 is 5.32 Å². The third-order valence-corrected chi connectivity index (χ3v) is 1.82. The first-order chi connectivity index (χ1) is 6.77. The lowest BCUT2D eigenvalue weighted by Crippen LogP contribution is -2.21. The number of nitrogens with one attached hydrogen (secondary N) is 1. The number of rotatable bonds is 3. The molecule has 0 aliphatic rings. The van der Waals surface area contributed by atoms with Gasteiger partial charge in [-0.05, 0) is 25.1 Å². The molecule has 0 atom stereocenters. The van der Waals surface area contributed by atoms with E-state index in [1.165, 1.54) is 0 Å². The van der Waals surface area contributed by atoms with Crippen molar-refractivity contribution in [3.63, 3.8) is 0 Å². The summed E-state index contributed by atoms with van der Waals surface area (Å²) in [6.07, 6.45) is 3.41. The maximum Gasteiger partial charge on any atom is 0.255 e. The minimum absolute atomic E-state index is 0.112. The summed E-state index contributed by atoms with van der Waals surface area (Å²) in [4.78, 5) is 11.6. The van der Waals surface area contributed by atoms with Crippen LogP contribution in [-0.4, -0.2) is 5.91 Å². The summed E-state index contributed by atoms with van der Waals surface area (Å²) in [5.74, 6) is -0.112. The van der Waals surface area contributed by atoms with Crippen LogP contribution in [0.5, 0.6) is 0 Å². The number of allylic oxidation sites excluding steroid dienone is 2. The summed E-state index contributed by atoms with van der Waals surface area (Å²) in [6, 6.07) is 9.08. The molecule has 0 aromatic heterocycles. The van der Waals surface area contributed by atoms with Gasteiger partial charge in [0, 0.05) is 11.3 Å². The fourth-order valence-corrected chi connectivity index (χ4v) is 1.03. The molecule has 0 radical (unpaired) electrons. The van der Waals surface area contributed by atoms with Crippen molar-refractivity contribution in [2.24, 2.45) is 0 Å². The minimum Gasteiger partial charge on any atom is -0.322 e. The van der Waals surface area contributed by atoms with Crippen LogP contribution in [0.2, 0.25) is 0 Å². The molecule has 0 bridgehead atoms. The van der Waals surface area contributed by atoms with E-state index in [0.717, 1.165) is 5.70 Å². The molecule has 1 rings (SSSR count). The van der Waals surface area contributed by atoms with E-state index in [9.17, 15) is 4.79 Å². The van der Waals surface area contributed by atoms with E-state index in [1.54, 1.807) is 24.3 Å². The average molecular weight is 187 g/mol. The van der Waals surface area contributed by atoms with E-state index in [1.807, 2.05) is 25.1 Å². The average Bonchev–Trinajstić information content (AvgIpc) is 2.26. The molecule has 1 aromatic rings. The third kappa shape index (κ3) is 2.59. The Bertz CT molecular complexity index is 352. The van der Waals surface area contributed by atoms with Gasteiger partial charge >= 0.3 is 0 Å². The molecule has 1 amide bonds. The van der Waals surface area contributed by atoms with E-state index in [2.05, 4.69) is 11.9 Å². The van der Waals surface area contributed by atoms with Gasteiger partial charge in [0.15, 0.2) is 0 Å². The van der Waals surface area contributed by atoms with Crippen LogP contribution in [-0.2, 0) is 0 Å². The molecule has 0 saturated carbocycles. The molecule has 0 fully saturated rings. The Morgan fingerprint density at radius 2 is 2.00 bits per heavy atom. The lowest BCUT2D eigenvalue weighted by atomic mass is 10.2. The van der Waals surface area contributed by atoms with Gasteiger partial charge in [0.25, 0.3) is 5.91 Å². The Morgan fingerprint density at radius 1 is 1.36 bits per heavy atom. The van der Waals surface area contributed by atoms with E-state index < -0.39 is 0 Å². The molecule has 0 unspecified atom stereocenters. The number of hydrogen-bond donors (Lipinski definition) is 1. The van der Waals surface area contributed by atoms with Crippen molar-refractivity contribution in [2.75, 3.05) is 0 Å². The van der Waals surface area contributed by atoms with E-state index in [0.29, 0.717) is 5.56 Å². The van der Waals surface area contributed by atoms with Crippen molar-refractivity contribution < 1.29 is 4.79 Å². The Kier molecular flexibility index (Phi) is 3.68. The molecule has 1 N–H and O–H groups in total. The van der Waals surface area contributed by atoms with Crippen molar-refractivity contribution in [1.82, 2.24) is 5.32 Å². The van der Waals surface area contributed by atoms with Gasteiger partial charge in [-0.2, -0.15) is 0 Å². The summed E-state index contributed by atoms with van der Waals surface area (Å²) in [5, 5.41) is 2.74. The fraction of sp³-hybridized carbons (Fsp3) is 0.0833. The van der Waals surface area contributed by atoms with Crippen LogP contribution in [0.15, 0.2) is 54.8 Å². The van der Waals surface area contributed by atoms with E-state index in [-0.39, 0.29) is 5.91 Å². The number of carbonyl (C=O) groups excluding carboxylic acids is 1. The third-order valence-electron chi connectivity index (χ3n) is 1.82. The Labute approximate surface area is 84.0 Å². The van der Waals surface area contributed by atoms with Gasteiger partial charge < -0.3 is 5.32 Å². The monoisotopic (exact) mass is 187 g/mol. The zero-order chi connectivity index (χ0) is 10.4. The normalized spacial score (nSPS) is 10.8. The summed E-state index contributed by atoms with van der Waals surface area (Å²) >= 11 is 0. The van der Waals surface area contributed by atoms with Crippen LogP contribution in [0.25, 0.3) is 0 Å². The molecule has 2 nitrogen and oxygen atoms in total. The molecule has 0 spiro atoms. The first-order valence-electron chi connectivity index (χ1n) is 4.43. The quantitative estimate of drug-likeness (QED) is 0.724. The first-order valence-corrected chi connectivity index (χ1v) is 4.43.